The van der Waals surface area contributed by atoms with E-state index in [0.717, 1.165) is 67.2 Å². The molecule has 3 heterocycles. The summed E-state index contributed by atoms with van der Waals surface area (Å²) >= 11 is 1.41. The van der Waals surface area contributed by atoms with Crippen LogP contribution in [0.1, 0.15) is 27.9 Å². The van der Waals surface area contributed by atoms with Crippen molar-refractivity contribution in [1.82, 2.24) is 20.2 Å². The molecule has 0 unspecified atom stereocenters. The van der Waals surface area contributed by atoms with Crippen LogP contribution in [0.3, 0.4) is 0 Å². The first kappa shape index (κ1) is 24.4. The van der Waals surface area contributed by atoms with Crippen molar-refractivity contribution in [2.45, 2.75) is 19.1 Å². The van der Waals surface area contributed by atoms with Gasteiger partial charge >= 0.3 is 6.18 Å². The summed E-state index contributed by atoms with van der Waals surface area (Å²) in [5.74, 6) is -0.623. The van der Waals surface area contributed by atoms with Gasteiger partial charge in [0.15, 0.2) is 0 Å². The second-order valence-corrected chi connectivity index (χ2v) is 9.62. The van der Waals surface area contributed by atoms with Crippen LogP contribution in [0, 0.1) is 0 Å². The molecule has 0 spiro atoms. The molecule has 1 amide bonds. The smallest absolute Gasteiger partial charge is 0.321 e. The fourth-order valence-corrected chi connectivity index (χ4v) is 5.12. The molecular formula is C26H24F3N5OS. The van der Waals surface area contributed by atoms with Crippen LogP contribution < -0.4 is 10.6 Å². The number of alkyl halides is 3. The first-order valence-corrected chi connectivity index (χ1v) is 12.4. The van der Waals surface area contributed by atoms with Crippen LogP contribution in [0.25, 0.3) is 20.9 Å². The molecule has 6 nitrogen and oxygen atoms in total. The topological polar surface area (TPSA) is 70.2 Å². The maximum Gasteiger partial charge on any atom is 0.416 e. The Morgan fingerprint density at radius 3 is 2.81 bits per heavy atom. The number of para-hydroxylation sites is 1. The Morgan fingerprint density at radius 1 is 1.08 bits per heavy atom. The summed E-state index contributed by atoms with van der Waals surface area (Å²) in [6.45, 7) is 4.83. The van der Waals surface area contributed by atoms with E-state index in [9.17, 15) is 18.0 Å². The second-order valence-electron chi connectivity index (χ2n) is 8.64. The molecule has 2 aromatic heterocycles. The SMILES string of the molecule is O=C(Nc1ccccc1-c1nc2cc(CN3CCCNCC3)cnc2s1)c1cccc(C(F)(F)F)c1. The molecule has 0 bridgehead atoms. The number of hydrogen-bond acceptors (Lipinski definition) is 6. The van der Waals surface area contributed by atoms with Gasteiger partial charge in [-0.2, -0.15) is 13.2 Å². The Morgan fingerprint density at radius 2 is 1.94 bits per heavy atom. The van der Waals surface area contributed by atoms with Gasteiger partial charge in [-0.1, -0.05) is 29.5 Å². The van der Waals surface area contributed by atoms with Gasteiger partial charge in [0.1, 0.15) is 15.4 Å². The first-order valence-electron chi connectivity index (χ1n) is 11.6. The molecule has 186 valence electrons. The number of nitrogens with zero attached hydrogens (tertiary/aromatic N) is 3. The number of benzene rings is 2. The summed E-state index contributed by atoms with van der Waals surface area (Å²) < 4.78 is 39.2. The zero-order valence-corrected chi connectivity index (χ0v) is 20.1. The van der Waals surface area contributed by atoms with Gasteiger partial charge in [0.25, 0.3) is 5.91 Å². The number of pyridine rings is 1. The number of halogens is 3. The summed E-state index contributed by atoms with van der Waals surface area (Å²) in [4.78, 5) is 25.3. The standard InChI is InChI=1S/C26H24F3N5OS/c27-26(28,29)19-6-3-5-18(14-19)23(35)32-21-8-2-1-7-20(21)24-33-22-13-17(15-31-25(22)36-24)16-34-11-4-9-30-10-12-34/h1-3,5-8,13-15,30H,4,9-12,16H2,(H,32,35). The normalized spacial score (nSPS) is 15.1. The average Bonchev–Trinajstić information content (AvgIpc) is 3.11. The highest BCUT2D eigenvalue weighted by Gasteiger charge is 2.31. The van der Waals surface area contributed by atoms with Gasteiger partial charge in [0, 0.05) is 37.0 Å². The van der Waals surface area contributed by atoms with Crippen LogP contribution in [-0.2, 0) is 12.7 Å². The minimum Gasteiger partial charge on any atom is -0.321 e. The van der Waals surface area contributed by atoms with E-state index in [4.69, 9.17) is 4.98 Å². The average molecular weight is 512 g/mol. The zero-order valence-electron chi connectivity index (χ0n) is 19.3. The van der Waals surface area contributed by atoms with E-state index in [1.165, 1.54) is 23.5 Å². The summed E-state index contributed by atoms with van der Waals surface area (Å²) in [7, 11) is 0. The highest BCUT2D eigenvalue weighted by atomic mass is 32.1. The third kappa shape index (κ3) is 5.56. The number of thiazole rings is 1. The van der Waals surface area contributed by atoms with Gasteiger partial charge in [-0.3, -0.25) is 9.69 Å². The Balaban J connectivity index is 1.38. The van der Waals surface area contributed by atoms with E-state index in [-0.39, 0.29) is 5.56 Å². The van der Waals surface area contributed by atoms with Gasteiger partial charge in [-0.25, -0.2) is 9.97 Å². The number of aromatic nitrogens is 2. The van der Waals surface area contributed by atoms with Crippen LogP contribution in [0.15, 0.2) is 60.8 Å². The number of fused-ring (bicyclic) bond motifs is 1. The van der Waals surface area contributed by atoms with Crippen LogP contribution >= 0.6 is 11.3 Å². The highest BCUT2D eigenvalue weighted by Crippen LogP contribution is 2.35. The van der Waals surface area contributed by atoms with Crippen molar-refractivity contribution < 1.29 is 18.0 Å². The molecule has 0 aliphatic carbocycles. The molecule has 0 radical (unpaired) electrons. The third-order valence-corrected chi connectivity index (χ3v) is 7.01. The highest BCUT2D eigenvalue weighted by molar-refractivity contribution is 7.21. The maximum atomic E-state index is 13.1. The number of nitrogens with one attached hydrogen (secondary N) is 2. The fraction of sp³-hybridized carbons (Fsp3) is 0.269. The van der Waals surface area contributed by atoms with E-state index in [2.05, 4.69) is 20.5 Å². The number of carbonyl (C=O) groups excluding carboxylic acids is 1. The van der Waals surface area contributed by atoms with Gasteiger partial charge in [0.2, 0.25) is 0 Å². The van der Waals surface area contributed by atoms with Crippen molar-refractivity contribution in [2.75, 3.05) is 31.5 Å². The van der Waals surface area contributed by atoms with Gasteiger partial charge in [-0.05, 0) is 61.5 Å². The monoisotopic (exact) mass is 511 g/mol. The van der Waals surface area contributed by atoms with Gasteiger partial charge in [0.05, 0.1) is 11.3 Å². The molecule has 1 aliphatic rings. The predicted octanol–water partition coefficient (Wildman–Crippen LogP) is 5.42. The predicted molar refractivity (Wildman–Crippen MR) is 135 cm³/mol. The van der Waals surface area contributed by atoms with Crippen molar-refractivity contribution in [2.24, 2.45) is 0 Å². The van der Waals surface area contributed by atoms with Crippen molar-refractivity contribution in [1.29, 1.82) is 0 Å². The van der Waals surface area contributed by atoms with Gasteiger partial charge in [-0.15, -0.1) is 0 Å². The van der Waals surface area contributed by atoms with Crippen LogP contribution in [0.2, 0.25) is 0 Å². The van der Waals surface area contributed by atoms with Crippen molar-refractivity contribution in [3.63, 3.8) is 0 Å². The maximum absolute atomic E-state index is 13.1. The third-order valence-electron chi connectivity index (χ3n) is 6.00. The number of anilines is 1. The van der Waals surface area contributed by atoms with Gasteiger partial charge < -0.3 is 10.6 Å². The van der Waals surface area contributed by atoms with Crippen LogP contribution in [0.4, 0.5) is 18.9 Å². The van der Waals surface area contributed by atoms with E-state index >= 15 is 0 Å². The molecule has 2 N–H and O–H groups in total. The number of rotatable bonds is 5. The molecule has 4 aromatic rings. The number of hydrogen-bond donors (Lipinski definition) is 2. The lowest BCUT2D eigenvalue weighted by molar-refractivity contribution is -0.137. The summed E-state index contributed by atoms with van der Waals surface area (Å²) in [6.07, 6.45) is -1.53. The number of amides is 1. The minimum atomic E-state index is -4.52. The van der Waals surface area contributed by atoms with E-state index in [1.807, 2.05) is 24.4 Å². The molecule has 5 rings (SSSR count). The van der Waals surface area contributed by atoms with Crippen molar-refractivity contribution in [3.05, 3.63) is 77.5 Å². The quantitative estimate of drug-likeness (QED) is 0.374. The molecule has 10 heteroatoms. The molecule has 36 heavy (non-hydrogen) atoms. The summed E-state index contributed by atoms with van der Waals surface area (Å²) in [5, 5.41) is 6.83. The molecule has 1 fully saturated rings. The molecule has 0 atom stereocenters. The largest absolute Gasteiger partial charge is 0.416 e. The molecule has 1 aliphatic heterocycles. The lowest BCUT2D eigenvalue weighted by atomic mass is 10.1. The lowest BCUT2D eigenvalue weighted by Crippen LogP contribution is -2.27. The van der Waals surface area contributed by atoms with Crippen LogP contribution in [-0.4, -0.2) is 47.0 Å². The van der Waals surface area contributed by atoms with E-state index < -0.39 is 17.6 Å². The molecule has 2 aromatic carbocycles. The first-order chi connectivity index (χ1) is 17.4. The molecule has 0 saturated carbocycles. The Kier molecular flexibility index (Phi) is 6.99. The minimum absolute atomic E-state index is 0.0704. The van der Waals surface area contributed by atoms with E-state index in [0.29, 0.717) is 16.3 Å². The lowest BCUT2D eigenvalue weighted by Gasteiger charge is -2.18. The Bertz CT molecular complexity index is 1380. The van der Waals surface area contributed by atoms with E-state index in [1.54, 1.807) is 12.1 Å². The number of carbonyl (C=O) groups is 1. The Labute approximate surface area is 210 Å². The van der Waals surface area contributed by atoms with Crippen molar-refractivity contribution >= 4 is 33.3 Å². The van der Waals surface area contributed by atoms with Crippen molar-refractivity contribution in [3.8, 4) is 10.6 Å². The summed E-state index contributed by atoms with van der Waals surface area (Å²) in [5.41, 5.74) is 2.08. The second kappa shape index (κ2) is 10.3. The summed E-state index contributed by atoms with van der Waals surface area (Å²) in [6, 6.07) is 13.5. The Hall–Kier alpha value is -3.34. The molecular weight excluding hydrogens is 487 g/mol. The zero-order chi connectivity index (χ0) is 25.1. The van der Waals surface area contributed by atoms with Crippen LogP contribution in [0.5, 0.6) is 0 Å². The molecule has 1 saturated heterocycles. The fourth-order valence-electron chi connectivity index (χ4n) is 4.19.